The fraction of sp³-hybridized carbons (Fsp3) is 0.417. The predicted molar refractivity (Wildman–Crippen MR) is 139 cm³/mol. The van der Waals surface area contributed by atoms with E-state index in [2.05, 4.69) is 25.2 Å². The summed E-state index contributed by atoms with van der Waals surface area (Å²) in [4.78, 5) is 27.0. The summed E-state index contributed by atoms with van der Waals surface area (Å²) in [5, 5.41) is 8.22. The van der Waals surface area contributed by atoms with Crippen LogP contribution in [0.5, 0.6) is 0 Å². The molecule has 3 aromatic heterocycles. The Morgan fingerprint density at radius 3 is 2.81 bits per heavy atom. The number of carbonyl (C=O) groups is 1. The van der Waals surface area contributed by atoms with E-state index in [9.17, 15) is 4.79 Å². The summed E-state index contributed by atoms with van der Waals surface area (Å²) in [5.74, 6) is -0.732. The van der Waals surface area contributed by atoms with E-state index in [1.54, 1.807) is 16.9 Å². The zero-order valence-corrected chi connectivity index (χ0v) is 21.6. The first-order valence-corrected chi connectivity index (χ1v) is 12.1. The van der Waals surface area contributed by atoms with Crippen LogP contribution in [0.15, 0.2) is 24.5 Å². The van der Waals surface area contributed by atoms with Gasteiger partial charge in [0.15, 0.2) is 5.65 Å². The number of fused-ring (bicyclic) bond motifs is 2. The van der Waals surface area contributed by atoms with Gasteiger partial charge in [-0.1, -0.05) is 11.6 Å². The van der Waals surface area contributed by atoms with Gasteiger partial charge in [-0.15, -0.1) is 12.4 Å². The number of aromatic amines is 1. The van der Waals surface area contributed by atoms with Crippen LogP contribution >= 0.6 is 24.0 Å². The average molecular weight is 536 g/mol. The molecule has 2 N–H and O–H groups in total. The normalized spacial score (nSPS) is 14.5. The third kappa shape index (κ3) is 5.31. The number of rotatable bonds is 7. The molecular weight excluding hydrogens is 508 g/mol. The molecule has 0 radical (unpaired) electrons. The maximum Gasteiger partial charge on any atom is 0.255 e. The second kappa shape index (κ2) is 11.1. The molecule has 1 aliphatic heterocycles. The van der Waals surface area contributed by atoms with Gasteiger partial charge in [0.25, 0.3) is 5.91 Å². The Labute approximate surface area is 218 Å². The predicted octanol–water partition coefficient (Wildman–Crippen LogP) is 4.05. The van der Waals surface area contributed by atoms with Crippen LogP contribution in [0.2, 0.25) is 5.02 Å². The highest BCUT2D eigenvalue weighted by molar-refractivity contribution is 6.31. The lowest BCUT2D eigenvalue weighted by Crippen LogP contribution is -2.37. The summed E-state index contributed by atoms with van der Waals surface area (Å²) in [7, 11) is 0. The number of carbonyl (C=O) groups excluding carboxylic acids is 1. The molecule has 0 spiro atoms. The van der Waals surface area contributed by atoms with E-state index in [1.165, 1.54) is 12.3 Å². The number of aryl methyl sites for hydroxylation is 1. The fourth-order valence-electron chi connectivity index (χ4n) is 4.36. The lowest BCUT2D eigenvalue weighted by atomic mass is 10.1. The second-order valence-corrected chi connectivity index (χ2v) is 9.38. The molecule has 1 amide bonds. The maximum absolute atomic E-state index is 15.1. The largest absolute Gasteiger partial charge is 0.379 e. The summed E-state index contributed by atoms with van der Waals surface area (Å²) in [6.45, 7) is 8.56. The molecule has 0 saturated carbocycles. The summed E-state index contributed by atoms with van der Waals surface area (Å²) in [6.07, 6.45) is 3.96. The van der Waals surface area contributed by atoms with Gasteiger partial charge >= 0.3 is 0 Å². The summed E-state index contributed by atoms with van der Waals surface area (Å²) in [5.41, 5.74) is 2.60. The molecule has 4 heterocycles. The van der Waals surface area contributed by atoms with Crippen LogP contribution in [-0.4, -0.2) is 74.4 Å². The first-order valence-electron chi connectivity index (χ1n) is 11.7. The highest BCUT2D eigenvalue weighted by atomic mass is 35.5. The molecule has 0 atom stereocenters. The number of nitrogens with one attached hydrogen (secondary N) is 2. The average Bonchev–Trinajstić information content (AvgIpc) is 3.41. The Balaban J connectivity index is 0.00000304. The molecule has 12 heteroatoms. The topological polar surface area (TPSA) is 101 Å². The van der Waals surface area contributed by atoms with Crippen molar-refractivity contribution in [3.05, 3.63) is 40.9 Å². The van der Waals surface area contributed by atoms with Crippen molar-refractivity contribution in [3.63, 3.8) is 0 Å². The number of morpholine rings is 1. The number of ether oxygens (including phenoxy) is 1. The Bertz CT molecular complexity index is 1380. The highest BCUT2D eigenvalue weighted by Gasteiger charge is 2.21. The summed E-state index contributed by atoms with van der Waals surface area (Å²) in [6, 6.07) is 2.96. The lowest BCUT2D eigenvalue weighted by molar-refractivity contribution is 0.0368. The van der Waals surface area contributed by atoms with Crippen molar-refractivity contribution in [2.24, 2.45) is 0 Å². The lowest BCUT2D eigenvalue weighted by Gasteiger charge is -2.26. The van der Waals surface area contributed by atoms with E-state index < -0.39 is 5.82 Å². The van der Waals surface area contributed by atoms with Gasteiger partial charge in [-0.05, 0) is 32.4 Å². The molecule has 5 rings (SSSR count). The molecular formula is C24H28Cl2FN7O2. The molecule has 192 valence electrons. The van der Waals surface area contributed by atoms with Crippen LogP contribution in [0, 0.1) is 5.82 Å². The van der Waals surface area contributed by atoms with Crippen molar-refractivity contribution in [1.29, 1.82) is 0 Å². The standard InChI is InChI=1S/C24H27ClFN7O2.ClH/c1-14(2)29-24(34)16-12-27-23-21(16)30-18(13-28-23)22-20-17(26)10-15(25)11-19(20)33(31-22)5-3-4-32-6-8-35-9-7-32;/h10-14H,3-9H2,1-2H3,(H,27,28)(H,29,34);1H. The summed E-state index contributed by atoms with van der Waals surface area (Å²) >= 11 is 6.19. The molecule has 1 saturated heterocycles. The van der Waals surface area contributed by atoms with Gasteiger partial charge in [0.2, 0.25) is 0 Å². The zero-order chi connectivity index (χ0) is 24.5. The molecule has 1 aliphatic rings. The van der Waals surface area contributed by atoms with Gasteiger partial charge < -0.3 is 15.0 Å². The third-order valence-corrected chi connectivity index (χ3v) is 6.22. The van der Waals surface area contributed by atoms with E-state index in [0.717, 1.165) is 39.3 Å². The van der Waals surface area contributed by atoms with Crippen molar-refractivity contribution in [3.8, 4) is 11.4 Å². The number of H-pyrrole nitrogens is 1. The van der Waals surface area contributed by atoms with Gasteiger partial charge in [-0.3, -0.25) is 14.4 Å². The third-order valence-electron chi connectivity index (χ3n) is 6.01. The van der Waals surface area contributed by atoms with E-state index in [1.807, 2.05) is 13.8 Å². The van der Waals surface area contributed by atoms with Crippen molar-refractivity contribution in [2.75, 3.05) is 32.8 Å². The van der Waals surface area contributed by atoms with Crippen LogP contribution in [0.4, 0.5) is 4.39 Å². The first-order chi connectivity index (χ1) is 16.9. The van der Waals surface area contributed by atoms with E-state index in [0.29, 0.717) is 50.6 Å². The number of nitrogens with zero attached hydrogens (tertiary/aromatic N) is 5. The molecule has 9 nitrogen and oxygen atoms in total. The van der Waals surface area contributed by atoms with Crippen LogP contribution in [0.25, 0.3) is 33.5 Å². The molecule has 1 aromatic carbocycles. The van der Waals surface area contributed by atoms with Crippen molar-refractivity contribution < 1.29 is 13.9 Å². The van der Waals surface area contributed by atoms with Gasteiger partial charge in [-0.2, -0.15) is 5.10 Å². The Morgan fingerprint density at radius 2 is 2.06 bits per heavy atom. The maximum atomic E-state index is 15.1. The van der Waals surface area contributed by atoms with E-state index >= 15 is 4.39 Å². The number of hydrogen-bond donors (Lipinski definition) is 2. The smallest absolute Gasteiger partial charge is 0.255 e. The Kier molecular flexibility index (Phi) is 8.09. The molecule has 1 fully saturated rings. The fourth-order valence-corrected chi connectivity index (χ4v) is 4.56. The number of amides is 1. The zero-order valence-electron chi connectivity index (χ0n) is 20.1. The minimum absolute atomic E-state index is 0. The minimum Gasteiger partial charge on any atom is -0.379 e. The number of aromatic nitrogens is 5. The van der Waals surface area contributed by atoms with Crippen LogP contribution in [0.3, 0.4) is 0 Å². The van der Waals surface area contributed by atoms with Crippen LogP contribution < -0.4 is 5.32 Å². The van der Waals surface area contributed by atoms with Crippen molar-refractivity contribution >= 4 is 52.0 Å². The van der Waals surface area contributed by atoms with E-state index in [4.69, 9.17) is 21.4 Å². The molecule has 0 bridgehead atoms. The van der Waals surface area contributed by atoms with Gasteiger partial charge in [-0.25, -0.2) is 14.4 Å². The number of halogens is 3. The molecule has 0 aliphatic carbocycles. The van der Waals surface area contributed by atoms with Crippen LogP contribution in [-0.2, 0) is 11.3 Å². The van der Waals surface area contributed by atoms with Crippen molar-refractivity contribution in [2.45, 2.75) is 32.9 Å². The first kappa shape index (κ1) is 26.3. The molecule has 0 unspecified atom stereocenters. The SMILES string of the molecule is CC(C)NC(=O)c1c[nH]c2ncc(-c3nn(CCCN4CCOCC4)c4cc(Cl)cc(F)c34)nc12.Cl. The molecule has 4 aromatic rings. The monoisotopic (exact) mass is 535 g/mol. The van der Waals surface area contributed by atoms with Gasteiger partial charge in [0.05, 0.1) is 35.9 Å². The second-order valence-electron chi connectivity index (χ2n) is 8.94. The van der Waals surface area contributed by atoms with E-state index in [-0.39, 0.29) is 24.4 Å². The van der Waals surface area contributed by atoms with Gasteiger partial charge in [0.1, 0.15) is 22.7 Å². The quantitative estimate of drug-likeness (QED) is 0.370. The van der Waals surface area contributed by atoms with Crippen molar-refractivity contribution in [1.82, 2.24) is 34.9 Å². The Hall–Kier alpha value is -2.79. The van der Waals surface area contributed by atoms with Gasteiger partial charge in [0, 0.05) is 43.4 Å². The molecule has 36 heavy (non-hydrogen) atoms. The number of hydrogen-bond acceptors (Lipinski definition) is 6. The Morgan fingerprint density at radius 1 is 1.28 bits per heavy atom. The summed E-state index contributed by atoms with van der Waals surface area (Å²) < 4.78 is 22.3. The highest BCUT2D eigenvalue weighted by Crippen LogP contribution is 2.32. The number of benzene rings is 1. The van der Waals surface area contributed by atoms with Crippen LogP contribution in [0.1, 0.15) is 30.6 Å². The minimum atomic E-state index is -0.476.